The van der Waals surface area contributed by atoms with E-state index in [0.29, 0.717) is 5.02 Å². The average Bonchev–Trinajstić information content (AvgIpc) is 3.18. The van der Waals surface area contributed by atoms with Crippen molar-refractivity contribution in [3.63, 3.8) is 0 Å². The Kier molecular flexibility index (Phi) is 8.59. The van der Waals surface area contributed by atoms with E-state index in [1.165, 1.54) is 23.1 Å². The van der Waals surface area contributed by atoms with Crippen molar-refractivity contribution in [3.05, 3.63) is 71.0 Å². The van der Waals surface area contributed by atoms with Crippen LogP contribution in [-0.4, -0.2) is 57.5 Å². The number of nitrogens with one attached hydrogen (secondary N) is 1. The summed E-state index contributed by atoms with van der Waals surface area (Å²) in [5.41, 5.74) is 0.533. The van der Waals surface area contributed by atoms with Crippen molar-refractivity contribution in [2.75, 3.05) is 25.5 Å². The van der Waals surface area contributed by atoms with Crippen LogP contribution in [0.4, 0.5) is 10.1 Å². The summed E-state index contributed by atoms with van der Waals surface area (Å²) in [6.45, 7) is 3.93. The van der Waals surface area contributed by atoms with E-state index >= 15 is 4.39 Å². The molecule has 198 valence electrons. The fourth-order valence-corrected chi connectivity index (χ4v) is 5.45. The normalized spacial score (nSPS) is 16.1. The zero-order valence-electron chi connectivity index (χ0n) is 20.9. The highest BCUT2D eigenvalue weighted by atomic mass is 35.5. The predicted molar refractivity (Wildman–Crippen MR) is 142 cm³/mol. The highest BCUT2D eigenvalue weighted by Crippen LogP contribution is 2.32. The minimum atomic E-state index is -3.96. The van der Waals surface area contributed by atoms with Gasteiger partial charge in [0.25, 0.3) is 6.47 Å². The molecule has 0 aromatic heterocycles. The molecule has 37 heavy (non-hydrogen) atoms. The van der Waals surface area contributed by atoms with Crippen molar-refractivity contribution in [2.24, 2.45) is 0 Å². The zero-order valence-corrected chi connectivity index (χ0v) is 22.5. The second-order valence-corrected chi connectivity index (χ2v) is 11.5. The molecular weight excluding hydrogens is 521 g/mol. The Morgan fingerprint density at radius 3 is 2.35 bits per heavy atom. The van der Waals surface area contributed by atoms with E-state index in [1.54, 1.807) is 36.4 Å². The molecule has 1 unspecified atom stereocenters. The zero-order chi connectivity index (χ0) is 27.5. The molecule has 2 N–H and O–H groups in total. The van der Waals surface area contributed by atoms with Crippen LogP contribution in [-0.2, 0) is 25.2 Å². The lowest BCUT2D eigenvalue weighted by atomic mass is 9.92. The molecule has 1 aliphatic rings. The van der Waals surface area contributed by atoms with E-state index in [1.807, 2.05) is 32.8 Å². The largest absolute Gasteiger partial charge is 0.483 e. The molecule has 1 saturated heterocycles. The molecule has 0 radical (unpaired) electrons. The maximum absolute atomic E-state index is 15.0. The number of amides is 1. The number of nitrogens with zero attached hydrogens (tertiary/aromatic N) is 2. The van der Waals surface area contributed by atoms with Crippen LogP contribution in [0.15, 0.2) is 59.5 Å². The first-order valence-electron chi connectivity index (χ1n) is 11.4. The van der Waals surface area contributed by atoms with Gasteiger partial charge in [0.05, 0.1) is 10.6 Å². The van der Waals surface area contributed by atoms with Crippen molar-refractivity contribution in [3.8, 4) is 0 Å². The number of sulfonamides is 1. The van der Waals surface area contributed by atoms with Gasteiger partial charge in [-0.2, -0.15) is 4.72 Å². The fourth-order valence-electron chi connectivity index (χ4n) is 4.01. The number of anilines is 1. The maximum atomic E-state index is 15.0. The average molecular weight is 550 g/mol. The van der Waals surface area contributed by atoms with Crippen LogP contribution in [0.1, 0.15) is 25.8 Å². The van der Waals surface area contributed by atoms with Crippen LogP contribution in [0.5, 0.6) is 0 Å². The van der Waals surface area contributed by atoms with E-state index in [0.717, 1.165) is 16.3 Å². The summed E-state index contributed by atoms with van der Waals surface area (Å²) in [5, 5.41) is 8.98. The van der Waals surface area contributed by atoms with Crippen molar-refractivity contribution < 1.29 is 27.5 Å². The molecular formula is C26H29ClFN3O5S. The number of hydrogen-bond acceptors (Lipinski definition) is 5. The van der Waals surface area contributed by atoms with Crippen LogP contribution >= 0.6 is 11.6 Å². The van der Waals surface area contributed by atoms with Crippen LogP contribution < -0.4 is 9.62 Å². The Hall–Kier alpha value is -3.05. The van der Waals surface area contributed by atoms with Crippen molar-refractivity contribution >= 4 is 50.5 Å². The minimum Gasteiger partial charge on any atom is -0.483 e. The number of carboxylic acid groups (broad SMARTS) is 1. The van der Waals surface area contributed by atoms with Gasteiger partial charge in [0.1, 0.15) is 11.9 Å². The quantitative estimate of drug-likeness (QED) is 0.446. The Morgan fingerprint density at radius 1 is 1.11 bits per heavy atom. The minimum absolute atomic E-state index is 0.0509. The molecule has 3 aromatic carbocycles. The van der Waals surface area contributed by atoms with Crippen molar-refractivity contribution in [1.29, 1.82) is 0 Å². The Labute approximate surface area is 220 Å². The number of rotatable bonds is 6. The molecule has 0 bridgehead atoms. The third-order valence-corrected chi connectivity index (χ3v) is 8.35. The van der Waals surface area contributed by atoms with E-state index < -0.39 is 33.3 Å². The molecule has 1 amide bonds. The van der Waals surface area contributed by atoms with E-state index in [9.17, 15) is 13.2 Å². The number of benzene rings is 3. The van der Waals surface area contributed by atoms with Gasteiger partial charge in [-0.15, -0.1) is 0 Å². The first-order chi connectivity index (χ1) is 17.3. The van der Waals surface area contributed by atoms with Crippen molar-refractivity contribution in [2.45, 2.75) is 36.7 Å². The standard InChI is InChI=1S/C25H27ClFN3O3S.CH2O2/c1-25(2,29(3)4)18-7-10-23(21(27)15-18)30-12-11-22(24(30)31)28-34(32,33)20-9-6-16-13-19(26)8-5-17(16)14-20;2-1-3/h5-10,13-15,22,28H,11-12H2,1-4H3;1H,(H,2,3). The molecule has 4 rings (SSSR count). The molecule has 11 heteroatoms. The fraction of sp³-hybridized carbons (Fsp3) is 0.308. The summed E-state index contributed by atoms with van der Waals surface area (Å²) in [6.07, 6.45) is 0.242. The lowest BCUT2D eigenvalue weighted by Gasteiger charge is -2.33. The number of hydrogen-bond donors (Lipinski definition) is 2. The molecule has 8 nitrogen and oxygen atoms in total. The number of carbonyl (C=O) groups is 2. The van der Waals surface area contributed by atoms with Crippen LogP contribution in [0.2, 0.25) is 5.02 Å². The highest BCUT2D eigenvalue weighted by Gasteiger charge is 2.37. The Morgan fingerprint density at radius 2 is 1.73 bits per heavy atom. The lowest BCUT2D eigenvalue weighted by Crippen LogP contribution is -2.41. The number of halogens is 2. The Bertz CT molecular complexity index is 1430. The third kappa shape index (κ3) is 6.10. The molecule has 1 atom stereocenters. The Balaban J connectivity index is 0.00000121. The van der Waals surface area contributed by atoms with E-state index in [-0.39, 0.29) is 30.0 Å². The number of fused-ring (bicyclic) bond motifs is 1. The first-order valence-corrected chi connectivity index (χ1v) is 13.3. The molecule has 1 fully saturated rings. The second kappa shape index (κ2) is 11.1. The highest BCUT2D eigenvalue weighted by molar-refractivity contribution is 7.89. The van der Waals surface area contributed by atoms with Crippen molar-refractivity contribution in [1.82, 2.24) is 9.62 Å². The van der Waals surface area contributed by atoms with Gasteiger partial charge < -0.3 is 14.9 Å². The lowest BCUT2D eigenvalue weighted by molar-refractivity contribution is -0.123. The van der Waals surface area contributed by atoms with Gasteiger partial charge in [-0.05, 0) is 87.1 Å². The van der Waals surface area contributed by atoms with Crippen LogP contribution in [0.3, 0.4) is 0 Å². The molecule has 0 saturated carbocycles. The monoisotopic (exact) mass is 549 g/mol. The number of carbonyl (C=O) groups excluding carboxylic acids is 1. The van der Waals surface area contributed by atoms with Gasteiger partial charge in [0, 0.05) is 17.1 Å². The summed E-state index contributed by atoms with van der Waals surface area (Å²) in [7, 11) is -0.132. The molecule has 1 heterocycles. The van der Waals surface area contributed by atoms with Gasteiger partial charge >= 0.3 is 0 Å². The molecule has 1 aliphatic heterocycles. The molecule has 3 aromatic rings. The predicted octanol–water partition coefficient (Wildman–Crippen LogP) is 4.21. The van der Waals surface area contributed by atoms with Crippen LogP contribution in [0.25, 0.3) is 10.8 Å². The summed E-state index contributed by atoms with van der Waals surface area (Å²) in [6, 6.07) is 13.7. The SMILES string of the molecule is CN(C)C(C)(C)c1ccc(N2CCC(NS(=O)(=O)c3ccc4cc(Cl)ccc4c3)C2=O)c(F)c1.O=CO. The topological polar surface area (TPSA) is 107 Å². The maximum Gasteiger partial charge on any atom is 0.290 e. The van der Waals surface area contributed by atoms with Gasteiger partial charge in [0.15, 0.2) is 0 Å². The smallest absolute Gasteiger partial charge is 0.290 e. The first kappa shape index (κ1) is 28.5. The van der Waals surface area contributed by atoms with Gasteiger partial charge in [0.2, 0.25) is 15.9 Å². The second-order valence-electron chi connectivity index (χ2n) is 9.33. The summed E-state index contributed by atoms with van der Waals surface area (Å²) in [5.74, 6) is -0.993. The van der Waals surface area contributed by atoms with Gasteiger partial charge in [-0.1, -0.05) is 29.8 Å². The van der Waals surface area contributed by atoms with E-state index in [2.05, 4.69) is 4.72 Å². The summed E-state index contributed by atoms with van der Waals surface area (Å²) in [4.78, 5) is 24.7. The third-order valence-electron chi connectivity index (χ3n) is 6.65. The van der Waals surface area contributed by atoms with E-state index in [4.69, 9.17) is 21.5 Å². The summed E-state index contributed by atoms with van der Waals surface area (Å²) < 4.78 is 43.5. The van der Waals surface area contributed by atoms with Crippen LogP contribution in [0, 0.1) is 5.82 Å². The van der Waals surface area contributed by atoms with Gasteiger partial charge in [-0.25, -0.2) is 12.8 Å². The van der Waals surface area contributed by atoms with Gasteiger partial charge in [-0.3, -0.25) is 9.59 Å². The summed E-state index contributed by atoms with van der Waals surface area (Å²) >= 11 is 6.00. The molecule has 0 aliphatic carbocycles. The molecule has 0 spiro atoms.